The van der Waals surface area contributed by atoms with E-state index in [1.54, 1.807) is 11.3 Å². The molecule has 0 aliphatic carbocycles. The largest absolute Gasteiger partial charge is 0.477 e. The fourth-order valence-corrected chi connectivity index (χ4v) is 2.77. The van der Waals surface area contributed by atoms with Crippen LogP contribution in [0.15, 0.2) is 24.3 Å². The third-order valence-electron chi connectivity index (χ3n) is 2.83. The Balaban J connectivity index is 2.00. The predicted molar refractivity (Wildman–Crippen MR) is 86.0 cm³/mol. The Hall–Kier alpha value is -1.10. The minimum atomic E-state index is 0.697. The molecule has 0 spiro atoms. The Morgan fingerprint density at radius 2 is 1.95 bits per heavy atom. The molecule has 0 fully saturated rings. The molecule has 0 radical (unpaired) electrons. The number of hydrogen-bond donors (Lipinski definition) is 0. The number of thiazole rings is 1. The lowest BCUT2D eigenvalue weighted by atomic mass is 10.2. The average molecular weight is 311 g/mol. The molecule has 0 amide bonds. The molecule has 3 nitrogen and oxygen atoms in total. The van der Waals surface area contributed by atoms with Crippen molar-refractivity contribution >= 4 is 22.9 Å². The van der Waals surface area contributed by atoms with Crippen molar-refractivity contribution in [2.75, 3.05) is 27.2 Å². The van der Waals surface area contributed by atoms with E-state index in [0.29, 0.717) is 6.61 Å². The number of halogens is 1. The number of aryl methyl sites for hydroxylation is 1. The average Bonchev–Trinajstić information content (AvgIpc) is 2.77. The number of hydrogen-bond acceptors (Lipinski definition) is 4. The zero-order valence-electron chi connectivity index (χ0n) is 12.0. The minimum absolute atomic E-state index is 0.697. The summed E-state index contributed by atoms with van der Waals surface area (Å²) in [5.41, 5.74) is 1.07. The molecule has 2 rings (SSSR count). The third-order valence-corrected chi connectivity index (χ3v) is 4.09. The molecule has 0 saturated carbocycles. The summed E-state index contributed by atoms with van der Waals surface area (Å²) in [6.45, 7) is 3.76. The first-order valence-corrected chi connectivity index (χ1v) is 7.76. The van der Waals surface area contributed by atoms with Crippen LogP contribution in [0.1, 0.15) is 11.3 Å². The second-order valence-corrected chi connectivity index (χ2v) is 6.53. The van der Waals surface area contributed by atoms with Crippen molar-refractivity contribution in [1.82, 2.24) is 9.88 Å². The van der Waals surface area contributed by atoms with E-state index in [9.17, 15) is 0 Å². The second kappa shape index (κ2) is 7.07. The molecule has 1 heterocycles. The zero-order valence-corrected chi connectivity index (χ0v) is 13.6. The molecule has 1 aromatic carbocycles. The van der Waals surface area contributed by atoms with Crippen molar-refractivity contribution in [1.29, 1.82) is 0 Å². The molecule has 0 N–H and O–H groups in total. The van der Waals surface area contributed by atoms with Crippen molar-refractivity contribution in [3.05, 3.63) is 34.2 Å². The van der Waals surface area contributed by atoms with Crippen LogP contribution in [0.5, 0.6) is 5.88 Å². The summed E-state index contributed by atoms with van der Waals surface area (Å²) < 4.78 is 5.76. The second-order valence-electron chi connectivity index (χ2n) is 4.89. The molecule has 0 bridgehead atoms. The van der Waals surface area contributed by atoms with E-state index >= 15 is 0 Å². The lowest BCUT2D eigenvalue weighted by molar-refractivity contribution is 0.273. The summed E-state index contributed by atoms with van der Waals surface area (Å²) >= 11 is 7.55. The van der Waals surface area contributed by atoms with Gasteiger partial charge in [-0.2, -0.15) is 0 Å². The molecule has 0 aliphatic heterocycles. The van der Waals surface area contributed by atoms with Gasteiger partial charge in [-0.3, -0.25) is 0 Å². The quantitative estimate of drug-likeness (QED) is 0.751. The summed E-state index contributed by atoms with van der Waals surface area (Å²) in [5, 5.41) is 1.71. The van der Waals surface area contributed by atoms with Gasteiger partial charge in [0.2, 0.25) is 5.88 Å². The molecule has 2 aromatic rings. The van der Waals surface area contributed by atoms with E-state index in [2.05, 4.69) is 24.0 Å². The fourth-order valence-electron chi connectivity index (χ4n) is 1.78. The first-order valence-electron chi connectivity index (χ1n) is 6.57. The van der Waals surface area contributed by atoms with Gasteiger partial charge in [0.25, 0.3) is 0 Å². The first-order chi connectivity index (χ1) is 9.56. The Bertz CT molecular complexity index is 552. The van der Waals surface area contributed by atoms with Crippen LogP contribution in [0.2, 0.25) is 5.02 Å². The maximum atomic E-state index is 5.90. The topological polar surface area (TPSA) is 25.4 Å². The van der Waals surface area contributed by atoms with Gasteiger partial charge in [0, 0.05) is 17.1 Å². The van der Waals surface area contributed by atoms with Crippen LogP contribution in [-0.2, 0) is 0 Å². The molecule has 0 aliphatic rings. The van der Waals surface area contributed by atoms with E-state index in [1.165, 1.54) is 0 Å². The van der Waals surface area contributed by atoms with Crippen LogP contribution in [0.3, 0.4) is 0 Å². The van der Waals surface area contributed by atoms with E-state index in [-0.39, 0.29) is 0 Å². The van der Waals surface area contributed by atoms with E-state index in [0.717, 1.165) is 39.3 Å². The van der Waals surface area contributed by atoms with Gasteiger partial charge in [-0.15, -0.1) is 11.3 Å². The molecule has 0 saturated heterocycles. The standard InChI is InChI=1S/C15H19ClN2OS/c1-11-14(19-10-4-9-18(2)3)17-15(20-11)12-5-7-13(16)8-6-12/h5-8H,4,9-10H2,1-3H3. The number of benzene rings is 1. The number of aromatic nitrogens is 1. The van der Waals surface area contributed by atoms with Gasteiger partial charge in [-0.25, -0.2) is 4.98 Å². The molecule has 5 heteroatoms. The van der Waals surface area contributed by atoms with E-state index < -0.39 is 0 Å². The third kappa shape index (κ3) is 4.20. The van der Waals surface area contributed by atoms with E-state index in [4.69, 9.17) is 16.3 Å². The Morgan fingerprint density at radius 3 is 2.60 bits per heavy atom. The van der Waals surface area contributed by atoms with Gasteiger partial charge in [-0.05, 0) is 39.6 Å². The van der Waals surface area contributed by atoms with Crippen molar-refractivity contribution in [3.63, 3.8) is 0 Å². The van der Waals surface area contributed by atoms with Crippen molar-refractivity contribution in [3.8, 4) is 16.5 Å². The summed E-state index contributed by atoms with van der Waals surface area (Å²) in [5.74, 6) is 0.749. The molecule has 0 unspecified atom stereocenters. The first kappa shape index (κ1) is 15.3. The molecule has 0 atom stereocenters. The van der Waals surface area contributed by atoms with Crippen molar-refractivity contribution < 1.29 is 4.74 Å². The smallest absolute Gasteiger partial charge is 0.227 e. The van der Waals surface area contributed by atoms with Crippen LogP contribution in [0.4, 0.5) is 0 Å². The monoisotopic (exact) mass is 310 g/mol. The van der Waals surface area contributed by atoms with Gasteiger partial charge >= 0.3 is 0 Å². The summed E-state index contributed by atoms with van der Waals surface area (Å²) in [6.07, 6.45) is 1.00. The van der Waals surface area contributed by atoms with Crippen LogP contribution in [-0.4, -0.2) is 37.1 Å². The SMILES string of the molecule is Cc1sc(-c2ccc(Cl)cc2)nc1OCCCN(C)C. The van der Waals surface area contributed by atoms with E-state index in [1.807, 2.05) is 31.2 Å². The zero-order chi connectivity index (χ0) is 14.5. The highest BCUT2D eigenvalue weighted by Crippen LogP contribution is 2.32. The number of rotatable bonds is 6. The molecule has 20 heavy (non-hydrogen) atoms. The summed E-state index contributed by atoms with van der Waals surface area (Å²) in [6, 6.07) is 7.73. The fraction of sp³-hybridized carbons (Fsp3) is 0.400. The Kier molecular flexibility index (Phi) is 5.40. The highest BCUT2D eigenvalue weighted by molar-refractivity contribution is 7.15. The highest BCUT2D eigenvalue weighted by Gasteiger charge is 2.10. The lowest BCUT2D eigenvalue weighted by Gasteiger charge is -2.09. The van der Waals surface area contributed by atoms with Crippen molar-refractivity contribution in [2.45, 2.75) is 13.3 Å². The van der Waals surface area contributed by atoms with Gasteiger partial charge in [-0.1, -0.05) is 23.7 Å². The molecular formula is C15H19ClN2OS. The lowest BCUT2D eigenvalue weighted by Crippen LogP contribution is -2.15. The maximum Gasteiger partial charge on any atom is 0.227 e. The molecular weight excluding hydrogens is 292 g/mol. The van der Waals surface area contributed by atoms with Crippen LogP contribution < -0.4 is 4.74 Å². The predicted octanol–water partition coefficient (Wildman–Crippen LogP) is 4.10. The molecule has 108 valence electrons. The minimum Gasteiger partial charge on any atom is -0.477 e. The van der Waals surface area contributed by atoms with Gasteiger partial charge < -0.3 is 9.64 Å². The Morgan fingerprint density at radius 1 is 1.25 bits per heavy atom. The van der Waals surface area contributed by atoms with Crippen LogP contribution in [0, 0.1) is 6.92 Å². The maximum absolute atomic E-state index is 5.90. The van der Waals surface area contributed by atoms with Crippen LogP contribution in [0.25, 0.3) is 10.6 Å². The summed E-state index contributed by atoms with van der Waals surface area (Å²) in [7, 11) is 4.12. The van der Waals surface area contributed by atoms with Gasteiger partial charge in [0.1, 0.15) is 5.01 Å². The number of ether oxygens (including phenoxy) is 1. The van der Waals surface area contributed by atoms with Gasteiger partial charge in [0.05, 0.1) is 11.5 Å². The van der Waals surface area contributed by atoms with Crippen LogP contribution >= 0.6 is 22.9 Å². The number of nitrogens with zero attached hydrogens (tertiary/aromatic N) is 2. The van der Waals surface area contributed by atoms with Gasteiger partial charge in [0.15, 0.2) is 0 Å². The highest BCUT2D eigenvalue weighted by atomic mass is 35.5. The summed E-state index contributed by atoms with van der Waals surface area (Å²) in [4.78, 5) is 7.83. The normalized spacial score (nSPS) is 11.1. The molecule has 1 aromatic heterocycles. The Labute approximate surface area is 129 Å². The van der Waals surface area contributed by atoms with Crippen molar-refractivity contribution in [2.24, 2.45) is 0 Å².